The molecule has 0 aliphatic heterocycles. The van der Waals surface area contributed by atoms with Gasteiger partial charge in [-0.05, 0) is 37.5 Å². The number of anilines is 1. The molecule has 0 atom stereocenters. The Morgan fingerprint density at radius 2 is 1.79 bits per heavy atom. The van der Waals surface area contributed by atoms with E-state index >= 15 is 0 Å². The largest absolute Gasteiger partial charge is 0.356 e. The van der Waals surface area contributed by atoms with E-state index in [0.29, 0.717) is 12.2 Å². The predicted molar refractivity (Wildman–Crippen MR) is 116 cm³/mol. The van der Waals surface area contributed by atoms with Crippen molar-refractivity contribution >= 4 is 32.4 Å². The van der Waals surface area contributed by atoms with Crippen molar-refractivity contribution in [3.05, 3.63) is 76.8 Å². The van der Waals surface area contributed by atoms with Gasteiger partial charge in [-0.2, -0.15) is 0 Å². The third-order valence-corrected chi connectivity index (χ3v) is 6.54. The van der Waals surface area contributed by atoms with Crippen LogP contribution in [0.4, 0.5) is 5.13 Å². The number of nitrogens with one attached hydrogen (secondary N) is 2. The van der Waals surface area contributed by atoms with Crippen LogP contribution in [0.1, 0.15) is 23.2 Å². The Labute approximate surface area is 175 Å². The maximum atomic E-state index is 12.4. The van der Waals surface area contributed by atoms with Crippen molar-refractivity contribution in [2.45, 2.75) is 31.1 Å². The fourth-order valence-corrected chi connectivity index (χ4v) is 4.68. The molecule has 0 fully saturated rings. The van der Waals surface area contributed by atoms with Crippen LogP contribution in [-0.4, -0.2) is 25.9 Å². The number of hydrogen-bond acceptors (Lipinski definition) is 5. The molecule has 0 unspecified atom stereocenters. The average Bonchev–Trinajstić information content (AvgIpc) is 3.12. The molecule has 1 amide bonds. The first-order valence-electron chi connectivity index (χ1n) is 9.27. The first kappa shape index (κ1) is 21.0. The molecule has 0 saturated heterocycles. The highest BCUT2D eigenvalue weighted by molar-refractivity contribution is 7.93. The lowest BCUT2D eigenvalue weighted by Gasteiger charge is -2.05. The first-order valence-corrected chi connectivity index (χ1v) is 11.6. The number of carbonyl (C=O) groups is 1. The minimum absolute atomic E-state index is 0.119. The van der Waals surface area contributed by atoms with Crippen LogP contribution in [-0.2, 0) is 27.7 Å². The molecule has 29 heavy (non-hydrogen) atoms. The van der Waals surface area contributed by atoms with E-state index in [1.165, 1.54) is 5.56 Å². The van der Waals surface area contributed by atoms with Crippen LogP contribution in [0.25, 0.3) is 0 Å². The van der Waals surface area contributed by atoms with Crippen molar-refractivity contribution < 1.29 is 13.2 Å². The number of carbonyl (C=O) groups excluding carboxylic acids is 1. The van der Waals surface area contributed by atoms with Gasteiger partial charge in [-0.1, -0.05) is 48.0 Å². The van der Waals surface area contributed by atoms with Gasteiger partial charge in [0.25, 0.3) is 10.0 Å². The van der Waals surface area contributed by atoms with Crippen LogP contribution < -0.4 is 10.0 Å². The van der Waals surface area contributed by atoms with Crippen molar-refractivity contribution in [2.24, 2.45) is 0 Å². The minimum atomic E-state index is -3.69. The summed E-state index contributed by atoms with van der Waals surface area (Å²) in [7, 11) is -3.69. The van der Waals surface area contributed by atoms with Crippen LogP contribution in [0.5, 0.6) is 0 Å². The van der Waals surface area contributed by atoms with Gasteiger partial charge in [-0.3, -0.25) is 9.52 Å². The fraction of sp³-hybridized carbons (Fsp3) is 0.238. The lowest BCUT2D eigenvalue weighted by Crippen LogP contribution is -2.26. The SMILES string of the molecule is Cc1ccc(S(=O)(=O)Nc2nc(CC(=O)NCCCc3ccccc3)cs2)cc1. The zero-order chi connectivity index (χ0) is 20.7. The molecule has 0 saturated carbocycles. The minimum Gasteiger partial charge on any atom is -0.356 e. The Hall–Kier alpha value is -2.71. The molecule has 1 aromatic heterocycles. The third-order valence-electron chi connectivity index (χ3n) is 4.25. The second-order valence-corrected chi connectivity index (χ2v) is 9.22. The average molecular weight is 430 g/mol. The van der Waals surface area contributed by atoms with Crippen molar-refractivity contribution in [1.29, 1.82) is 0 Å². The molecule has 0 spiro atoms. The molecule has 3 rings (SSSR count). The monoisotopic (exact) mass is 429 g/mol. The Kier molecular flexibility index (Phi) is 7.00. The van der Waals surface area contributed by atoms with Crippen molar-refractivity contribution in [3.63, 3.8) is 0 Å². The number of rotatable bonds is 9. The summed E-state index contributed by atoms with van der Waals surface area (Å²) in [6.07, 6.45) is 1.88. The number of sulfonamides is 1. The number of hydrogen-bond donors (Lipinski definition) is 2. The van der Waals surface area contributed by atoms with Crippen molar-refractivity contribution in [1.82, 2.24) is 10.3 Å². The van der Waals surface area contributed by atoms with Crippen LogP contribution in [0.15, 0.2) is 64.9 Å². The summed E-state index contributed by atoms with van der Waals surface area (Å²) in [5, 5.41) is 4.82. The summed E-state index contributed by atoms with van der Waals surface area (Å²) in [5.74, 6) is -0.128. The van der Waals surface area contributed by atoms with Crippen LogP contribution >= 0.6 is 11.3 Å². The molecule has 0 aliphatic rings. The molecule has 6 nitrogen and oxygen atoms in total. The van der Waals surface area contributed by atoms with Gasteiger partial charge in [0.15, 0.2) is 5.13 Å². The summed E-state index contributed by atoms with van der Waals surface area (Å²) >= 11 is 1.16. The smallest absolute Gasteiger partial charge is 0.263 e. The highest BCUT2D eigenvalue weighted by Crippen LogP contribution is 2.20. The molecule has 1 heterocycles. The van der Waals surface area contributed by atoms with E-state index in [-0.39, 0.29) is 22.4 Å². The van der Waals surface area contributed by atoms with E-state index in [4.69, 9.17) is 0 Å². The maximum absolute atomic E-state index is 12.4. The summed E-state index contributed by atoms with van der Waals surface area (Å²) in [4.78, 5) is 16.5. The standard InChI is InChI=1S/C21H23N3O3S2/c1-16-9-11-19(12-10-16)29(26,27)24-21-23-18(15-28-21)14-20(25)22-13-5-8-17-6-3-2-4-7-17/h2-4,6-7,9-12,15H,5,8,13-14H2,1H3,(H,22,25)(H,23,24). The predicted octanol–water partition coefficient (Wildman–Crippen LogP) is 3.54. The Bertz CT molecular complexity index is 1050. The van der Waals surface area contributed by atoms with Crippen molar-refractivity contribution in [2.75, 3.05) is 11.3 Å². The second-order valence-electron chi connectivity index (χ2n) is 6.68. The third kappa shape index (κ3) is 6.40. The number of nitrogens with zero attached hydrogens (tertiary/aromatic N) is 1. The molecule has 152 valence electrons. The van der Waals surface area contributed by atoms with E-state index in [0.717, 1.165) is 29.7 Å². The lowest BCUT2D eigenvalue weighted by molar-refractivity contribution is -0.120. The number of thiazole rings is 1. The summed E-state index contributed by atoms with van der Waals surface area (Å²) in [6.45, 7) is 2.48. The summed E-state index contributed by atoms with van der Waals surface area (Å²) in [5.41, 5.74) is 2.76. The van der Waals surface area contributed by atoms with E-state index in [9.17, 15) is 13.2 Å². The van der Waals surface area contributed by atoms with Gasteiger partial charge >= 0.3 is 0 Å². The van der Waals surface area contributed by atoms with Gasteiger partial charge < -0.3 is 5.32 Å². The highest BCUT2D eigenvalue weighted by Gasteiger charge is 2.16. The Balaban J connectivity index is 1.47. The molecule has 0 bridgehead atoms. The number of benzene rings is 2. The molecule has 2 N–H and O–H groups in total. The Morgan fingerprint density at radius 1 is 1.07 bits per heavy atom. The Morgan fingerprint density at radius 3 is 2.52 bits per heavy atom. The summed E-state index contributed by atoms with van der Waals surface area (Å²) < 4.78 is 27.3. The second kappa shape index (κ2) is 9.67. The highest BCUT2D eigenvalue weighted by atomic mass is 32.2. The maximum Gasteiger partial charge on any atom is 0.263 e. The number of aryl methyl sites for hydroxylation is 2. The van der Waals surface area contributed by atoms with Gasteiger partial charge in [0.2, 0.25) is 5.91 Å². The zero-order valence-corrected chi connectivity index (χ0v) is 17.7. The molecule has 2 aromatic carbocycles. The fourth-order valence-electron chi connectivity index (χ4n) is 2.72. The molecule has 3 aromatic rings. The van der Waals surface area contributed by atoms with Gasteiger partial charge in [-0.25, -0.2) is 13.4 Å². The van der Waals surface area contributed by atoms with Gasteiger partial charge in [-0.15, -0.1) is 11.3 Å². The van der Waals surface area contributed by atoms with E-state index in [1.807, 2.05) is 25.1 Å². The van der Waals surface area contributed by atoms with Gasteiger partial charge in [0.1, 0.15) is 0 Å². The van der Waals surface area contributed by atoms with Gasteiger partial charge in [0.05, 0.1) is 17.0 Å². The van der Waals surface area contributed by atoms with Crippen LogP contribution in [0, 0.1) is 6.92 Å². The van der Waals surface area contributed by atoms with E-state index < -0.39 is 10.0 Å². The van der Waals surface area contributed by atoms with E-state index in [1.54, 1.807) is 29.6 Å². The molecular formula is C21H23N3O3S2. The van der Waals surface area contributed by atoms with Crippen LogP contribution in [0.3, 0.4) is 0 Å². The number of amides is 1. The van der Waals surface area contributed by atoms with Crippen LogP contribution in [0.2, 0.25) is 0 Å². The zero-order valence-electron chi connectivity index (χ0n) is 16.1. The topological polar surface area (TPSA) is 88.2 Å². The van der Waals surface area contributed by atoms with Crippen molar-refractivity contribution in [3.8, 4) is 0 Å². The lowest BCUT2D eigenvalue weighted by atomic mass is 10.1. The molecule has 0 aliphatic carbocycles. The molecule has 0 radical (unpaired) electrons. The number of aromatic nitrogens is 1. The summed E-state index contributed by atoms with van der Waals surface area (Å²) in [6, 6.07) is 16.7. The quantitative estimate of drug-likeness (QED) is 0.509. The van der Waals surface area contributed by atoms with Gasteiger partial charge in [0, 0.05) is 11.9 Å². The molecule has 8 heteroatoms. The normalized spacial score (nSPS) is 11.2. The first-order chi connectivity index (χ1) is 13.9. The van der Waals surface area contributed by atoms with E-state index in [2.05, 4.69) is 27.2 Å². The molecular weight excluding hydrogens is 406 g/mol.